The summed E-state index contributed by atoms with van der Waals surface area (Å²) in [7, 11) is 0. The maximum absolute atomic E-state index is 5.54. The van der Waals surface area contributed by atoms with E-state index >= 15 is 0 Å². The monoisotopic (exact) mass is 218 g/mol. The molecule has 0 fully saturated rings. The van der Waals surface area contributed by atoms with E-state index in [9.17, 15) is 0 Å². The second kappa shape index (κ2) is 17.7. The van der Waals surface area contributed by atoms with E-state index < -0.39 is 0 Å². The van der Waals surface area contributed by atoms with E-state index in [0.29, 0.717) is 0 Å². The molecule has 0 atom stereocenters. The average molecular weight is 218 g/mol. The Bertz CT molecular complexity index is 135. The molecular weight excluding hydrogens is 191 g/mol. The van der Waals surface area contributed by atoms with Crippen molar-refractivity contribution in [2.45, 2.75) is 58.3 Å². The Kier molecular flexibility index (Phi) is 20.6. The Hall–Kier alpha value is 0.297. The zero-order chi connectivity index (χ0) is 11.2. The SMILES string of the molecule is [CH2-]C/C=C\CCCOCCCCCCC.[Li+]. The minimum Gasteiger partial charge on any atom is -0.381 e. The van der Waals surface area contributed by atoms with E-state index in [2.05, 4.69) is 26.0 Å². The summed E-state index contributed by atoms with van der Waals surface area (Å²) >= 11 is 0. The molecule has 2 heteroatoms. The number of rotatable bonds is 11. The minimum absolute atomic E-state index is 0. The molecule has 1 nitrogen and oxygen atoms in total. The van der Waals surface area contributed by atoms with E-state index in [0.717, 1.165) is 32.5 Å². The minimum atomic E-state index is 0. The second-order valence-electron chi connectivity index (χ2n) is 3.93. The molecule has 0 aromatic heterocycles. The number of hydrogen-bond donors (Lipinski definition) is 0. The van der Waals surface area contributed by atoms with Gasteiger partial charge in [-0.3, -0.25) is 0 Å². The van der Waals surface area contributed by atoms with Crippen molar-refractivity contribution in [3.05, 3.63) is 19.1 Å². The summed E-state index contributed by atoms with van der Waals surface area (Å²) in [4.78, 5) is 0. The summed E-state index contributed by atoms with van der Waals surface area (Å²) in [6.07, 6.45) is 14.1. The third kappa shape index (κ3) is 16.7. The van der Waals surface area contributed by atoms with Crippen LogP contribution in [0.3, 0.4) is 0 Å². The van der Waals surface area contributed by atoms with Gasteiger partial charge in [0.15, 0.2) is 0 Å². The van der Waals surface area contributed by atoms with Crippen LogP contribution in [0.1, 0.15) is 58.3 Å². The number of unbranched alkanes of at least 4 members (excludes halogenated alkanes) is 5. The van der Waals surface area contributed by atoms with Gasteiger partial charge in [-0.1, -0.05) is 38.7 Å². The molecule has 0 rings (SSSR count). The van der Waals surface area contributed by atoms with E-state index in [1.165, 1.54) is 32.1 Å². The Labute approximate surface area is 114 Å². The van der Waals surface area contributed by atoms with Crippen LogP contribution >= 0.6 is 0 Å². The Morgan fingerprint density at radius 3 is 2.31 bits per heavy atom. The molecule has 0 aromatic carbocycles. The molecule has 0 aliphatic rings. The van der Waals surface area contributed by atoms with Crippen LogP contribution in [0.4, 0.5) is 0 Å². The van der Waals surface area contributed by atoms with Crippen LogP contribution in [-0.4, -0.2) is 13.2 Å². The van der Waals surface area contributed by atoms with E-state index in [1.54, 1.807) is 0 Å². The molecule has 0 aliphatic carbocycles. The molecule has 0 aliphatic heterocycles. The summed E-state index contributed by atoms with van der Waals surface area (Å²) < 4.78 is 5.54. The van der Waals surface area contributed by atoms with E-state index in [1.807, 2.05) is 0 Å². The maximum atomic E-state index is 5.54. The molecule has 0 spiro atoms. The van der Waals surface area contributed by atoms with Crippen LogP contribution in [0.5, 0.6) is 0 Å². The molecule has 16 heavy (non-hydrogen) atoms. The predicted octanol–water partition coefficient (Wildman–Crippen LogP) is 1.54. The topological polar surface area (TPSA) is 9.23 Å². The Balaban J connectivity index is 0. The first-order chi connectivity index (χ1) is 7.41. The van der Waals surface area contributed by atoms with Gasteiger partial charge >= 0.3 is 18.9 Å². The fourth-order valence-corrected chi connectivity index (χ4v) is 1.45. The molecule has 0 saturated heterocycles. The quantitative estimate of drug-likeness (QED) is 0.221. The Morgan fingerprint density at radius 2 is 1.62 bits per heavy atom. The molecule has 0 saturated carbocycles. The van der Waals surface area contributed by atoms with Crippen molar-refractivity contribution in [2.24, 2.45) is 0 Å². The van der Waals surface area contributed by atoms with Gasteiger partial charge in [0.25, 0.3) is 0 Å². The largest absolute Gasteiger partial charge is 1.00 e. The number of ether oxygens (including phenoxy) is 1. The van der Waals surface area contributed by atoms with Gasteiger partial charge in [0.05, 0.1) is 0 Å². The average Bonchev–Trinajstić information content (AvgIpc) is 2.26. The van der Waals surface area contributed by atoms with E-state index in [4.69, 9.17) is 4.74 Å². The van der Waals surface area contributed by atoms with E-state index in [-0.39, 0.29) is 18.9 Å². The molecule has 90 valence electrons. The van der Waals surface area contributed by atoms with Crippen LogP contribution in [-0.2, 0) is 4.74 Å². The smallest absolute Gasteiger partial charge is 0.381 e. The standard InChI is InChI=1S/C14H27O.Li/c1-3-5-7-9-11-13-15-14-12-10-8-6-4-2;/h5,7H,1,3-4,6,8-14H2,2H3;/q-1;+1/b7-5-;. The van der Waals surface area contributed by atoms with Crippen molar-refractivity contribution in [3.8, 4) is 0 Å². The van der Waals surface area contributed by atoms with Gasteiger partial charge in [0.1, 0.15) is 0 Å². The zero-order valence-corrected chi connectivity index (χ0v) is 11.3. The van der Waals surface area contributed by atoms with Gasteiger partial charge in [-0.2, -0.15) is 6.42 Å². The molecule has 0 heterocycles. The summed E-state index contributed by atoms with van der Waals surface area (Å²) in [6.45, 7) is 7.86. The molecule has 0 amide bonds. The van der Waals surface area contributed by atoms with Crippen LogP contribution < -0.4 is 18.9 Å². The van der Waals surface area contributed by atoms with Gasteiger partial charge in [0, 0.05) is 13.2 Å². The van der Waals surface area contributed by atoms with Crippen LogP contribution in [0, 0.1) is 6.92 Å². The first-order valence-corrected chi connectivity index (χ1v) is 6.43. The van der Waals surface area contributed by atoms with Crippen molar-refractivity contribution in [3.63, 3.8) is 0 Å². The fraction of sp³-hybridized carbons (Fsp3) is 0.786. The summed E-state index contributed by atoms with van der Waals surface area (Å²) in [5.41, 5.74) is 0. The van der Waals surface area contributed by atoms with Gasteiger partial charge in [0.2, 0.25) is 0 Å². The third-order valence-corrected chi connectivity index (χ3v) is 2.39. The molecule has 0 unspecified atom stereocenters. The van der Waals surface area contributed by atoms with Crippen molar-refractivity contribution in [2.75, 3.05) is 13.2 Å². The fourth-order valence-electron chi connectivity index (χ4n) is 1.45. The van der Waals surface area contributed by atoms with Crippen LogP contribution in [0.15, 0.2) is 12.2 Å². The molecule has 0 radical (unpaired) electrons. The number of hydrogen-bond acceptors (Lipinski definition) is 1. The van der Waals surface area contributed by atoms with Crippen molar-refractivity contribution in [1.82, 2.24) is 0 Å². The third-order valence-electron chi connectivity index (χ3n) is 2.39. The number of allylic oxidation sites excluding steroid dienone is 2. The molecule has 0 aromatic rings. The molecule has 0 bridgehead atoms. The van der Waals surface area contributed by atoms with Crippen molar-refractivity contribution in [1.29, 1.82) is 0 Å². The van der Waals surface area contributed by atoms with Gasteiger partial charge in [-0.05, 0) is 19.3 Å². The van der Waals surface area contributed by atoms with Crippen molar-refractivity contribution >= 4 is 0 Å². The van der Waals surface area contributed by atoms with Crippen LogP contribution in [0.25, 0.3) is 0 Å². The van der Waals surface area contributed by atoms with Gasteiger partial charge in [-0.15, -0.1) is 6.08 Å². The summed E-state index contributed by atoms with van der Waals surface area (Å²) in [6, 6.07) is 0. The first-order valence-electron chi connectivity index (χ1n) is 6.43. The predicted molar refractivity (Wildman–Crippen MR) is 67.9 cm³/mol. The Morgan fingerprint density at radius 1 is 0.938 bits per heavy atom. The van der Waals surface area contributed by atoms with Crippen LogP contribution in [0.2, 0.25) is 0 Å². The van der Waals surface area contributed by atoms with Crippen molar-refractivity contribution < 1.29 is 23.6 Å². The normalized spacial score (nSPS) is 10.6. The van der Waals surface area contributed by atoms with Gasteiger partial charge in [-0.25, -0.2) is 0 Å². The second-order valence-corrected chi connectivity index (χ2v) is 3.93. The first kappa shape index (κ1) is 18.7. The molecule has 0 N–H and O–H groups in total. The molecular formula is C14H27LiO. The van der Waals surface area contributed by atoms with Gasteiger partial charge < -0.3 is 11.7 Å². The maximum Gasteiger partial charge on any atom is 1.00 e. The summed E-state index contributed by atoms with van der Waals surface area (Å²) in [5.74, 6) is 0. The zero-order valence-electron chi connectivity index (χ0n) is 11.3. The summed E-state index contributed by atoms with van der Waals surface area (Å²) in [5, 5.41) is 0.